The van der Waals surface area contributed by atoms with Gasteiger partial charge in [-0.3, -0.25) is 4.79 Å². The standard InChI is InChI=1S/C22H40O5Si/c1-13(2)19(24)21(6,25)15-12-22(27-28(7,8)20(3,4)5)11-14-17(26-22)10-9-16(23)18(14)15/h13-18,23,25H,9-12H2,1-8H3/t14-,15+,16+,17-,18+,21?,22+/m0/s1. The van der Waals surface area contributed by atoms with E-state index in [-0.39, 0.29) is 40.6 Å². The molecule has 0 aromatic carbocycles. The van der Waals surface area contributed by atoms with Crippen molar-refractivity contribution in [2.45, 2.75) is 109 Å². The summed E-state index contributed by atoms with van der Waals surface area (Å²) in [6.45, 7) is 16.4. The van der Waals surface area contributed by atoms with E-state index in [4.69, 9.17) is 9.16 Å². The summed E-state index contributed by atoms with van der Waals surface area (Å²) in [7, 11) is -2.11. The highest BCUT2D eigenvalue weighted by Gasteiger charge is 2.65. The van der Waals surface area contributed by atoms with E-state index in [0.29, 0.717) is 12.8 Å². The zero-order valence-electron chi connectivity index (χ0n) is 18.9. The van der Waals surface area contributed by atoms with E-state index in [2.05, 4.69) is 33.9 Å². The second-order valence-electron chi connectivity index (χ2n) is 11.5. The number of carbonyl (C=O) groups excluding carboxylic acids is 1. The summed E-state index contributed by atoms with van der Waals surface area (Å²) >= 11 is 0. The topological polar surface area (TPSA) is 76.0 Å². The van der Waals surface area contributed by atoms with Gasteiger partial charge in [0.15, 0.2) is 19.9 Å². The van der Waals surface area contributed by atoms with Crippen LogP contribution < -0.4 is 0 Å². The summed E-state index contributed by atoms with van der Waals surface area (Å²) < 4.78 is 13.4. The van der Waals surface area contributed by atoms with E-state index in [1.54, 1.807) is 6.92 Å². The zero-order valence-corrected chi connectivity index (χ0v) is 19.9. The van der Waals surface area contributed by atoms with Gasteiger partial charge in [-0.05, 0) is 49.7 Å². The molecule has 0 aromatic rings. The molecule has 2 saturated carbocycles. The maximum Gasteiger partial charge on any atom is 0.195 e. The number of ketones is 1. The minimum Gasteiger partial charge on any atom is -0.393 e. The molecule has 5 nitrogen and oxygen atoms in total. The summed E-state index contributed by atoms with van der Waals surface area (Å²) in [6, 6.07) is 0. The highest BCUT2D eigenvalue weighted by molar-refractivity contribution is 6.74. The van der Waals surface area contributed by atoms with Gasteiger partial charge >= 0.3 is 0 Å². The van der Waals surface area contributed by atoms with E-state index in [1.165, 1.54) is 0 Å². The number of fused-ring (bicyclic) bond motifs is 1. The van der Waals surface area contributed by atoms with Crippen molar-refractivity contribution in [1.82, 2.24) is 0 Å². The van der Waals surface area contributed by atoms with E-state index in [0.717, 1.165) is 12.8 Å². The lowest BCUT2D eigenvalue weighted by Crippen LogP contribution is -2.59. The van der Waals surface area contributed by atoms with Gasteiger partial charge in [0.25, 0.3) is 0 Å². The largest absolute Gasteiger partial charge is 0.393 e. The van der Waals surface area contributed by atoms with Gasteiger partial charge in [0.2, 0.25) is 0 Å². The predicted octanol–water partition coefficient (Wildman–Crippen LogP) is 3.88. The van der Waals surface area contributed by atoms with E-state index in [1.807, 2.05) is 13.8 Å². The number of carbonyl (C=O) groups is 1. The SMILES string of the molecule is CC(C)C(=O)C(C)(O)[C@@H]1C[C@]2(O[Si](C)(C)C(C)(C)C)C[C@@H]3[C@H]1[C@H](O)CC[C@@H]3O2. The fourth-order valence-electron chi connectivity index (χ4n) is 5.61. The van der Waals surface area contributed by atoms with Gasteiger partial charge in [0, 0.05) is 24.7 Å². The molecular weight excluding hydrogens is 372 g/mol. The van der Waals surface area contributed by atoms with Crippen molar-refractivity contribution in [3.63, 3.8) is 0 Å². The van der Waals surface area contributed by atoms with Crippen LogP contribution >= 0.6 is 0 Å². The Morgan fingerprint density at radius 1 is 1.18 bits per heavy atom. The highest BCUT2D eigenvalue weighted by atomic mass is 28.4. The second-order valence-corrected chi connectivity index (χ2v) is 16.2. The quantitative estimate of drug-likeness (QED) is 0.670. The smallest absolute Gasteiger partial charge is 0.195 e. The van der Waals surface area contributed by atoms with E-state index >= 15 is 0 Å². The number of hydrogen-bond donors (Lipinski definition) is 2. The maximum absolute atomic E-state index is 12.9. The average molecular weight is 413 g/mol. The van der Waals surface area contributed by atoms with Gasteiger partial charge in [0.05, 0.1) is 12.2 Å². The maximum atomic E-state index is 12.9. The Balaban J connectivity index is 1.99. The van der Waals surface area contributed by atoms with Crippen LogP contribution in [-0.4, -0.2) is 47.9 Å². The molecule has 0 spiro atoms. The molecule has 2 N–H and O–H groups in total. The Labute approximate surface area is 171 Å². The van der Waals surface area contributed by atoms with Crippen molar-refractivity contribution in [3.8, 4) is 0 Å². The minimum absolute atomic E-state index is 0.0427. The summed E-state index contributed by atoms with van der Waals surface area (Å²) in [6.07, 6.45) is 2.26. The molecule has 2 bridgehead atoms. The van der Waals surface area contributed by atoms with Crippen molar-refractivity contribution in [1.29, 1.82) is 0 Å². The van der Waals surface area contributed by atoms with Crippen LogP contribution in [0.25, 0.3) is 0 Å². The number of rotatable bonds is 5. The Bertz CT molecular complexity index is 623. The number of hydrogen-bond acceptors (Lipinski definition) is 5. The van der Waals surface area contributed by atoms with Crippen LogP contribution in [0.1, 0.15) is 67.2 Å². The van der Waals surface area contributed by atoms with Gasteiger partial charge in [0.1, 0.15) is 5.60 Å². The Morgan fingerprint density at radius 3 is 2.32 bits per heavy atom. The van der Waals surface area contributed by atoms with Crippen molar-refractivity contribution < 1.29 is 24.2 Å². The van der Waals surface area contributed by atoms with Crippen LogP contribution in [0, 0.1) is 23.7 Å². The first-order valence-electron chi connectivity index (χ1n) is 10.9. The first-order chi connectivity index (χ1) is 12.6. The lowest BCUT2D eigenvalue weighted by molar-refractivity contribution is -0.204. The van der Waals surface area contributed by atoms with Crippen molar-refractivity contribution in [2.75, 3.05) is 0 Å². The van der Waals surface area contributed by atoms with Crippen molar-refractivity contribution >= 4 is 14.1 Å². The average Bonchev–Trinajstić information content (AvgIpc) is 2.85. The molecular formula is C22H40O5Si. The minimum atomic E-state index is -2.11. The van der Waals surface area contributed by atoms with Gasteiger partial charge in [-0.2, -0.15) is 0 Å². The van der Waals surface area contributed by atoms with Crippen LogP contribution in [0.3, 0.4) is 0 Å². The summed E-state index contributed by atoms with van der Waals surface area (Å²) in [5.41, 5.74) is -1.49. The second kappa shape index (κ2) is 6.87. The number of ether oxygens (including phenoxy) is 1. The molecule has 0 amide bonds. The lowest BCUT2D eigenvalue weighted by atomic mass is 9.58. The van der Waals surface area contributed by atoms with Crippen molar-refractivity contribution in [2.24, 2.45) is 23.7 Å². The normalized spacial score (nSPS) is 40.5. The molecule has 0 radical (unpaired) electrons. The van der Waals surface area contributed by atoms with Gasteiger partial charge < -0.3 is 19.4 Å². The van der Waals surface area contributed by atoms with Gasteiger partial charge in [-0.1, -0.05) is 34.6 Å². The number of aliphatic hydroxyl groups excluding tert-OH is 1. The Hall–Kier alpha value is -0.273. The lowest BCUT2D eigenvalue weighted by Gasteiger charge is -2.51. The zero-order chi connectivity index (χ0) is 21.3. The van der Waals surface area contributed by atoms with Gasteiger partial charge in [-0.25, -0.2) is 0 Å². The molecule has 0 aromatic heterocycles. The molecule has 6 heteroatoms. The number of aliphatic hydroxyl groups is 2. The first kappa shape index (κ1) is 22.4. The molecule has 3 rings (SSSR count). The fraction of sp³-hybridized carbons (Fsp3) is 0.955. The molecule has 1 saturated heterocycles. The molecule has 3 fully saturated rings. The van der Waals surface area contributed by atoms with E-state index < -0.39 is 25.8 Å². The number of Topliss-reactive ketones (excluding diaryl/α,β-unsaturated/α-hetero) is 1. The highest BCUT2D eigenvalue weighted by Crippen LogP contribution is 2.60. The first-order valence-corrected chi connectivity index (χ1v) is 13.8. The van der Waals surface area contributed by atoms with E-state index in [9.17, 15) is 15.0 Å². The fourth-order valence-corrected chi connectivity index (χ4v) is 7.06. The Kier molecular flexibility index (Phi) is 5.50. The summed E-state index contributed by atoms with van der Waals surface area (Å²) in [5.74, 6) is -1.50. The molecule has 3 aliphatic rings. The van der Waals surface area contributed by atoms with Gasteiger partial charge in [-0.15, -0.1) is 0 Å². The predicted molar refractivity (Wildman–Crippen MR) is 111 cm³/mol. The van der Waals surface area contributed by atoms with Crippen LogP contribution in [0.2, 0.25) is 18.1 Å². The molecule has 1 heterocycles. The van der Waals surface area contributed by atoms with Crippen molar-refractivity contribution in [3.05, 3.63) is 0 Å². The molecule has 2 aliphatic carbocycles. The monoisotopic (exact) mass is 412 g/mol. The molecule has 1 unspecified atom stereocenters. The van der Waals surface area contributed by atoms with Crippen LogP contribution in [-0.2, 0) is 14.0 Å². The third-order valence-electron chi connectivity index (χ3n) is 8.06. The summed E-state index contributed by atoms with van der Waals surface area (Å²) in [5, 5.41) is 22.3. The molecule has 28 heavy (non-hydrogen) atoms. The Morgan fingerprint density at radius 2 is 1.79 bits per heavy atom. The third kappa shape index (κ3) is 3.53. The third-order valence-corrected chi connectivity index (χ3v) is 12.6. The van der Waals surface area contributed by atoms with Crippen LogP contribution in [0.15, 0.2) is 0 Å². The molecule has 7 atom stereocenters. The van der Waals surface area contributed by atoms with Crippen LogP contribution in [0.4, 0.5) is 0 Å². The van der Waals surface area contributed by atoms with Crippen LogP contribution in [0.5, 0.6) is 0 Å². The molecule has 1 aliphatic heterocycles. The summed E-state index contributed by atoms with van der Waals surface area (Å²) in [4.78, 5) is 12.9. The molecule has 162 valence electrons.